The Bertz CT molecular complexity index is 1370. The number of benzene rings is 2. The van der Waals surface area contributed by atoms with Gasteiger partial charge in [0, 0.05) is 60.8 Å². The van der Waals surface area contributed by atoms with Gasteiger partial charge in [0.15, 0.2) is 0 Å². The molecular weight excluding hydrogens is 416 g/mol. The van der Waals surface area contributed by atoms with Crippen molar-refractivity contribution in [3.8, 4) is 35.0 Å². The number of ether oxygens (including phenoxy) is 2. The Balaban J connectivity index is 1.50. The molecule has 0 unspecified atom stereocenters. The number of rotatable bonds is 6. The number of aromatic nitrogens is 4. The third kappa shape index (κ3) is 4.31. The van der Waals surface area contributed by atoms with E-state index in [1.165, 1.54) is 0 Å². The number of likely N-dealkylation sites (N-methyl/N-ethyl adjacent to an activating group) is 1. The zero-order valence-corrected chi connectivity index (χ0v) is 18.7. The van der Waals surface area contributed by atoms with Gasteiger partial charge in [0.1, 0.15) is 23.1 Å². The fourth-order valence-electron chi connectivity index (χ4n) is 3.93. The molecule has 1 fully saturated rings. The number of hydrogen-bond donors (Lipinski definition) is 1. The molecule has 0 saturated carbocycles. The van der Waals surface area contributed by atoms with E-state index in [2.05, 4.69) is 38.3 Å². The summed E-state index contributed by atoms with van der Waals surface area (Å²) in [6.07, 6.45) is 11.3. The largest absolute Gasteiger partial charge is 0.494 e. The summed E-state index contributed by atoms with van der Waals surface area (Å²) in [7, 11) is 5.58. The summed E-state index contributed by atoms with van der Waals surface area (Å²) in [4.78, 5) is 11.4. The van der Waals surface area contributed by atoms with Crippen LogP contribution in [0.2, 0.25) is 0 Å². The number of anilines is 2. The molecule has 1 N–H and O–H groups in total. The SMILES string of the molecule is C#Cc1cc(OC)c2nc(Nc3cc(OC4CN(C)C4)cc(-c4cnn(C)c4)c3)ncc2c1. The van der Waals surface area contributed by atoms with Crippen molar-refractivity contribution in [2.24, 2.45) is 7.05 Å². The normalized spacial score (nSPS) is 14.0. The van der Waals surface area contributed by atoms with Gasteiger partial charge in [0.05, 0.1) is 13.3 Å². The lowest BCUT2D eigenvalue weighted by Crippen LogP contribution is -2.51. The Morgan fingerprint density at radius 2 is 1.94 bits per heavy atom. The van der Waals surface area contributed by atoms with Gasteiger partial charge >= 0.3 is 0 Å². The molecular formula is C25H24N6O2. The number of nitrogens with one attached hydrogen (secondary N) is 1. The van der Waals surface area contributed by atoms with Crippen LogP contribution in [0.5, 0.6) is 11.5 Å². The average Bonchev–Trinajstić information content (AvgIpc) is 3.23. The van der Waals surface area contributed by atoms with Gasteiger partial charge in [-0.05, 0) is 36.9 Å². The molecule has 33 heavy (non-hydrogen) atoms. The molecule has 0 atom stereocenters. The maximum absolute atomic E-state index is 6.21. The average molecular weight is 441 g/mol. The van der Waals surface area contributed by atoms with Crippen LogP contribution in [0.3, 0.4) is 0 Å². The van der Waals surface area contributed by atoms with Gasteiger partial charge < -0.3 is 14.8 Å². The number of nitrogens with zero attached hydrogens (tertiary/aromatic N) is 5. The first-order valence-corrected chi connectivity index (χ1v) is 10.6. The molecule has 1 aliphatic heterocycles. The van der Waals surface area contributed by atoms with E-state index < -0.39 is 0 Å². The van der Waals surface area contributed by atoms with Crippen molar-refractivity contribution < 1.29 is 9.47 Å². The molecule has 0 spiro atoms. The van der Waals surface area contributed by atoms with Crippen LogP contribution in [0.1, 0.15) is 5.56 Å². The lowest BCUT2D eigenvalue weighted by atomic mass is 10.1. The maximum atomic E-state index is 6.21. The molecule has 4 aromatic rings. The third-order valence-corrected chi connectivity index (χ3v) is 5.57. The summed E-state index contributed by atoms with van der Waals surface area (Å²) >= 11 is 0. The summed E-state index contributed by atoms with van der Waals surface area (Å²) in [5, 5.41) is 8.43. The smallest absolute Gasteiger partial charge is 0.227 e. The second-order valence-corrected chi connectivity index (χ2v) is 8.19. The van der Waals surface area contributed by atoms with E-state index in [9.17, 15) is 0 Å². The lowest BCUT2D eigenvalue weighted by Gasteiger charge is -2.36. The summed E-state index contributed by atoms with van der Waals surface area (Å²) in [6, 6.07) is 9.69. The van der Waals surface area contributed by atoms with E-state index in [1.807, 2.05) is 43.7 Å². The van der Waals surface area contributed by atoms with Crippen molar-refractivity contribution in [1.29, 1.82) is 0 Å². The van der Waals surface area contributed by atoms with Crippen molar-refractivity contribution in [1.82, 2.24) is 24.6 Å². The Morgan fingerprint density at radius 3 is 2.64 bits per heavy atom. The molecule has 1 aliphatic rings. The van der Waals surface area contributed by atoms with Gasteiger partial charge in [-0.25, -0.2) is 9.97 Å². The molecule has 166 valence electrons. The van der Waals surface area contributed by atoms with E-state index in [0.717, 1.165) is 46.6 Å². The summed E-state index contributed by atoms with van der Waals surface area (Å²) in [5.74, 6) is 4.47. The monoisotopic (exact) mass is 440 g/mol. The first-order chi connectivity index (χ1) is 16.0. The standard InChI is InChI=1S/C25H24N6O2/c1-5-16-6-18-11-26-25(29-24(18)23(7-16)32-4)28-20-8-17(19-12-27-31(3)13-19)9-21(10-20)33-22-14-30(2)15-22/h1,6-13,22H,14-15H2,2-4H3,(H,26,28,29). The van der Waals surface area contributed by atoms with Gasteiger partial charge in [-0.15, -0.1) is 6.42 Å². The quantitative estimate of drug-likeness (QED) is 0.460. The molecule has 2 aromatic heterocycles. The van der Waals surface area contributed by atoms with Crippen LogP contribution >= 0.6 is 0 Å². The Kier molecular flexibility index (Phi) is 5.32. The van der Waals surface area contributed by atoms with E-state index in [0.29, 0.717) is 17.2 Å². The number of fused-ring (bicyclic) bond motifs is 1. The van der Waals surface area contributed by atoms with Crippen LogP contribution in [0, 0.1) is 12.3 Å². The van der Waals surface area contributed by atoms with Crippen LogP contribution in [0.15, 0.2) is 48.9 Å². The highest BCUT2D eigenvalue weighted by atomic mass is 16.5. The molecule has 5 rings (SSSR count). The molecule has 0 amide bonds. The van der Waals surface area contributed by atoms with Crippen molar-refractivity contribution in [3.05, 3.63) is 54.5 Å². The molecule has 0 bridgehead atoms. The molecule has 0 aliphatic carbocycles. The van der Waals surface area contributed by atoms with Crippen LogP contribution in [0.25, 0.3) is 22.0 Å². The number of hydrogen-bond acceptors (Lipinski definition) is 7. The molecule has 8 nitrogen and oxygen atoms in total. The zero-order valence-electron chi connectivity index (χ0n) is 18.7. The Hall–Kier alpha value is -4.09. The topological polar surface area (TPSA) is 77.3 Å². The minimum atomic E-state index is 0.179. The van der Waals surface area contributed by atoms with Gasteiger partial charge in [-0.2, -0.15) is 5.10 Å². The van der Waals surface area contributed by atoms with E-state index in [4.69, 9.17) is 15.9 Å². The molecule has 1 saturated heterocycles. The summed E-state index contributed by atoms with van der Waals surface area (Å²) in [5.41, 5.74) is 4.22. The predicted molar refractivity (Wildman–Crippen MR) is 128 cm³/mol. The molecule has 8 heteroatoms. The highest BCUT2D eigenvalue weighted by Gasteiger charge is 2.25. The predicted octanol–water partition coefficient (Wildman–Crippen LogP) is 3.46. The minimum absolute atomic E-state index is 0.179. The molecule has 0 radical (unpaired) electrons. The van der Waals surface area contributed by atoms with Crippen molar-refractivity contribution in [3.63, 3.8) is 0 Å². The summed E-state index contributed by atoms with van der Waals surface area (Å²) in [6.45, 7) is 1.82. The van der Waals surface area contributed by atoms with Crippen LogP contribution in [-0.2, 0) is 7.05 Å². The Labute approximate surface area is 192 Å². The van der Waals surface area contributed by atoms with Gasteiger partial charge in [0.2, 0.25) is 5.95 Å². The van der Waals surface area contributed by atoms with E-state index in [-0.39, 0.29) is 6.10 Å². The Morgan fingerprint density at radius 1 is 1.09 bits per heavy atom. The highest BCUT2D eigenvalue weighted by molar-refractivity contribution is 5.86. The van der Waals surface area contributed by atoms with E-state index >= 15 is 0 Å². The van der Waals surface area contributed by atoms with Gasteiger partial charge in [0.25, 0.3) is 0 Å². The van der Waals surface area contributed by atoms with Crippen molar-refractivity contribution in [2.45, 2.75) is 6.10 Å². The zero-order chi connectivity index (χ0) is 22.9. The number of aryl methyl sites for hydroxylation is 1. The van der Waals surface area contributed by atoms with Crippen LogP contribution in [0.4, 0.5) is 11.6 Å². The van der Waals surface area contributed by atoms with Crippen molar-refractivity contribution in [2.75, 3.05) is 32.6 Å². The number of likely N-dealkylation sites (tertiary alicyclic amines) is 1. The first-order valence-electron chi connectivity index (χ1n) is 10.6. The fraction of sp³-hybridized carbons (Fsp3) is 0.240. The third-order valence-electron chi connectivity index (χ3n) is 5.57. The maximum Gasteiger partial charge on any atom is 0.227 e. The fourth-order valence-corrected chi connectivity index (χ4v) is 3.93. The first kappa shape index (κ1) is 20.8. The minimum Gasteiger partial charge on any atom is -0.494 e. The molecule has 3 heterocycles. The highest BCUT2D eigenvalue weighted by Crippen LogP contribution is 2.32. The van der Waals surface area contributed by atoms with Crippen molar-refractivity contribution >= 4 is 22.5 Å². The van der Waals surface area contributed by atoms with Gasteiger partial charge in [-0.1, -0.05) is 5.92 Å². The van der Waals surface area contributed by atoms with E-state index in [1.54, 1.807) is 24.1 Å². The van der Waals surface area contributed by atoms with Crippen LogP contribution < -0.4 is 14.8 Å². The van der Waals surface area contributed by atoms with Crippen LogP contribution in [-0.4, -0.2) is 58.0 Å². The summed E-state index contributed by atoms with van der Waals surface area (Å²) < 4.78 is 13.5. The molecule has 2 aromatic carbocycles. The second kappa shape index (κ2) is 8.45. The number of methoxy groups -OCH3 is 1. The number of terminal acetylenes is 1. The van der Waals surface area contributed by atoms with Gasteiger partial charge in [-0.3, -0.25) is 9.58 Å². The second-order valence-electron chi connectivity index (χ2n) is 8.19. The lowest BCUT2D eigenvalue weighted by molar-refractivity contribution is 0.0389.